The van der Waals surface area contributed by atoms with Gasteiger partial charge in [0.25, 0.3) is 0 Å². The maximum absolute atomic E-state index is 13.4. The monoisotopic (exact) mass is 306 g/mol. The van der Waals surface area contributed by atoms with Gasteiger partial charge < -0.3 is 15.8 Å². The van der Waals surface area contributed by atoms with Crippen LogP contribution in [0.1, 0.15) is 11.1 Å². The molecule has 1 amide bonds. The van der Waals surface area contributed by atoms with E-state index in [1.54, 1.807) is 0 Å². The topological polar surface area (TPSA) is 64.4 Å². The molecule has 0 radical (unpaired) electrons. The summed E-state index contributed by atoms with van der Waals surface area (Å²) in [4.78, 5) is 10.6. The van der Waals surface area contributed by atoms with Crippen molar-refractivity contribution in [2.75, 3.05) is 6.54 Å². The van der Waals surface area contributed by atoms with E-state index < -0.39 is 17.5 Å². The number of benzene rings is 2. The van der Waals surface area contributed by atoms with Crippen LogP contribution in [0, 0.1) is 11.6 Å². The fourth-order valence-electron chi connectivity index (χ4n) is 1.83. The molecule has 0 aromatic heterocycles. The lowest BCUT2D eigenvalue weighted by Gasteiger charge is -2.08. The first-order valence-electron chi connectivity index (χ1n) is 6.69. The van der Waals surface area contributed by atoms with Crippen LogP contribution in [0.15, 0.2) is 42.5 Å². The van der Waals surface area contributed by atoms with Crippen LogP contribution >= 0.6 is 0 Å². The molecule has 2 aromatic rings. The molecule has 6 heteroatoms. The third-order valence-corrected chi connectivity index (χ3v) is 2.94. The zero-order valence-electron chi connectivity index (χ0n) is 11.8. The van der Waals surface area contributed by atoms with Gasteiger partial charge in [0.1, 0.15) is 12.4 Å². The van der Waals surface area contributed by atoms with Gasteiger partial charge in [-0.3, -0.25) is 4.79 Å². The van der Waals surface area contributed by atoms with Gasteiger partial charge in [-0.1, -0.05) is 24.3 Å². The minimum Gasteiger partial charge on any atom is -0.486 e. The second kappa shape index (κ2) is 7.51. The van der Waals surface area contributed by atoms with Crippen LogP contribution in [0.25, 0.3) is 0 Å². The van der Waals surface area contributed by atoms with Crippen LogP contribution < -0.4 is 15.8 Å². The predicted octanol–water partition coefficient (Wildman–Crippen LogP) is 2.12. The highest BCUT2D eigenvalue weighted by Gasteiger charge is 2.05. The number of nitrogens with two attached hydrogens (primary N) is 1. The van der Waals surface area contributed by atoms with Crippen molar-refractivity contribution in [3.05, 3.63) is 65.2 Å². The van der Waals surface area contributed by atoms with E-state index in [-0.39, 0.29) is 18.9 Å². The van der Waals surface area contributed by atoms with Gasteiger partial charge in [0.15, 0.2) is 11.6 Å². The Kier molecular flexibility index (Phi) is 5.43. The first-order valence-corrected chi connectivity index (χ1v) is 6.69. The van der Waals surface area contributed by atoms with Crippen LogP contribution in [0.3, 0.4) is 0 Å². The van der Waals surface area contributed by atoms with E-state index >= 15 is 0 Å². The minimum absolute atomic E-state index is 0.115. The number of carbonyl (C=O) groups is 1. The molecular formula is C16H16F2N2O2. The standard InChI is InChI=1S/C16H16F2N2O2/c17-13-5-6-14(18)15(7-13)22-10-12-3-1-11(2-4-12)8-20-9-16(19)21/h1-7,20H,8-10H2,(H2,19,21). The van der Waals surface area contributed by atoms with Crippen LogP contribution in [-0.4, -0.2) is 12.5 Å². The van der Waals surface area contributed by atoms with Gasteiger partial charge in [-0.05, 0) is 23.3 Å². The number of halogens is 2. The largest absolute Gasteiger partial charge is 0.486 e. The number of primary amides is 1. The van der Waals surface area contributed by atoms with Gasteiger partial charge in [0.2, 0.25) is 5.91 Å². The Morgan fingerprint density at radius 3 is 2.45 bits per heavy atom. The van der Waals surface area contributed by atoms with E-state index in [1.165, 1.54) is 0 Å². The zero-order valence-corrected chi connectivity index (χ0v) is 11.8. The summed E-state index contributed by atoms with van der Waals surface area (Å²) in [6, 6.07) is 10.4. The van der Waals surface area contributed by atoms with Gasteiger partial charge in [-0.25, -0.2) is 8.78 Å². The van der Waals surface area contributed by atoms with Crippen molar-refractivity contribution in [3.8, 4) is 5.75 Å². The minimum atomic E-state index is -0.603. The van der Waals surface area contributed by atoms with E-state index in [0.717, 1.165) is 29.3 Å². The average Bonchev–Trinajstić information content (AvgIpc) is 2.49. The molecule has 3 N–H and O–H groups in total. The maximum Gasteiger partial charge on any atom is 0.231 e. The van der Waals surface area contributed by atoms with Gasteiger partial charge in [0.05, 0.1) is 6.54 Å². The molecule has 22 heavy (non-hydrogen) atoms. The van der Waals surface area contributed by atoms with Crippen molar-refractivity contribution >= 4 is 5.91 Å². The van der Waals surface area contributed by atoms with E-state index in [1.807, 2.05) is 24.3 Å². The number of carbonyl (C=O) groups excluding carboxylic acids is 1. The lowest BCUT2D eigenvalue weighted by Crippen LogP contribution is -2.28. The molecule has 0 atom stereocenters. The lowest BCUT2D eigenvalue weighted by atomic mass is 10.1. The van der Waals surface area contributed by atoms with Crippen LogP contribution in [0.4, 0.5) is 8.78 Å². The number of rotatable bonds is 7. The summed E-state index contributed by atoms with van der Waals surface area (Å²) in [5.74, 6) is -1.68. The first-order chi connectivity index (χ1) is 10.5. The molecular weight excluding hydrogens is 290 g/mol. The first kappa shape index (κ1) is 15.9. The van der Waals surface area contributed by atoms with Gasteiger partial charge >= 0.3 is 0 Å². The van der Waals surface area contributed by atoms with E-state index in [2.05, 4.69) is 5.32 Å². The predicted molar refractivity (Wildman–Crippen MR) is 78.0 cm³/mol. The number of hydrogen-bond donors (Lipinski definition) is 2. The summed E-state index contributed by atoms with van der Waals surface area (Å²) >= 11 is 0. The van der Waals surface area contributed by atoms with Crippen molar-refractivity contribution in [1.29, 1.82) is 0 Å². The molecule has 0 aliphatic heterocycles. The molecule has 4 nitrogen and oxygen atoms in total. The highest BCUT2D eigenvalue weighted by molar-refractivity contribution is 5.75. The van der Waals surface area contributed by atoms with Crippen molar-refractivity contribution in [2.45, 2.75) is 13.2 Å². The highest BCUT2D eigenvalue weighted by Crippen LogP contribution is 2.19. The Hall–Kier alpha value is -2.47. The van der Waals surface area contributed by atoms with Crippen molar-refractivity contribution in [3.63, 3.8) is 0 Å². The molecule has 0 heterocycles. The summed E-state index contributed by atoms with van der Waals surface area (Å²) in [5.41, 5.74) is 6.82. The third-order valence-electron chi connectivity index (χ3n) is 2.94. The van der Waals surface area contributed by atoms with Gasteiger partial charge in [-0.15, -0.1) is 0 Å². The van der Waals surface area contributed by atoms with E-state index in [0.29, 0.717) is 6.54 Å². The fraction of sp³-hybridized carbons (Fsp3) is 0.188. The zero-order chi connectivity index (χ0) is 15.9. The number of amides is 1. The quantitative estimate of drug-likeness (QED) is 0.823. The fourth-order valence-corrected chi connectivity index (χ4v) is 1.83. The number of ether oxygens (including phenoxy) is 1. The Morgan fingerprint density at radius 2 is 1.77 bits per heavy atom. The molecule has 0 unspecified atom stereocenters. The average molecular weight is 306 g/mol. The lowest BCUT2D eigenvalue weighted by molar-refractivity contribution is -0.117. The second-order valence-electron chi connectivity index (χ2n) is 4.75. The third kappa shape index (κ3) is 4.82. The molecule has 0 bridgehead atoms. The van der Waals surface area contributed by atoms with Crippen molar-refractivity contribution in [2.24, 2.45) is 5.73 Å². The normalized spacial score (nSPS) is 10.5. The summed E-state index contributed by atoms with van der Waals surface area (Å²) in [6.07, 6.45) is 0. The Balaban J connectivity index is 1.88. The van der Waals surface area contributed by atoms with E-state index in [4.69, 9.17) is 10.5 Å². The number of hydrogen-bond acceptors (Lipinski definition) is 3. The Morgan fingerprint density at radius 1 is 1.09 bits per heavy atom. The summed E-state index contributed by atoms with van der Waals surface area (Å²) < 4.78 is 31.7. The molecule has 0 spiro atoms. The van der Waals surface area contributed by atoms with Crippen LogP contribution in [0.5, 0.6) is 5.75 Å². The highest BCUT2D eigenvalue weighted by atomic mass is 19.1. The van der Waals surface area contributed by atoms with Gasteiger partial charge in [-0.2, -0.15) is 0 Å². The van der Waals surface area contributed by atoms with Crippen LogP contribution in [-0.2, 0) is 17.9 Å². The van der Waals surface area contributed by atoms with Gasteiger partial charge in [0, 0.05) is 12.6 Å². The Labute approximate surface area is 126 Å². The Bertz CT molecular complexity index is 645. The molecule has 2 aromatic carbocycles. The van der Waals surface area contributed by atoms with Crippen molar-refractivity contribution in [1.82, 2.24) is 5.32 Å². The molecule has 0 aliphatic carbocycles. The van der Waals surface area contributed by atoms with E-state index in [9.17, 15) is 13.6 Å². The molecule has 0 saturated heterocycles. The molecule has 0 aliphatic rings. The summed E-state index contributed by atoms with van der Waals surface area (Å²) in [6.45, 7) is 0.766. The molecule has 2 rings (SSSR count). The molecule has 0 saturated carbocycles. The number of nitrogens with one attached hydrogen (secondary N) is 1. The summed E-state index contributed by atoms with van der Waals surface area (Å²) in [5, 5.41) is 2.90. The molecule has 116 valence electrons. The second-order valence-corrected chi connectivity index (χ2v) is 4.75. The van der Waals surface area contributed by atoms with Crippen molar-refractivity contribution < 1.29 is 18.3 Å². The smallest absolute Gasteiger partial charge is 0.231 e. The molecule has 0 fully saturated rings. The SMILES string of the molecule is NC(=O)CNCc1ccc(COc2cc(F)ccc2F)cc1. The maximum atomic E-state index is 13.4. The summed E-state index contributed by atoms with van der Waals surface area (Å²) in [7, 11) is 0. The van der Waals surface area contributed by atoms with Crippen LogP contribution in [0.2, 0.25) is 0 Å².